The number of pyridine rings is 1. The molecule has 0 saturated carbocycles. The van der Waals surface area contributed by atoms with Gasteiger partial charge < -0.3 is 0 Å². The molecule has 0 bridgehead atoms. The highest BCUT2D eigenvalue weighted by Crippen LogP contribution is 2.28. The van der Waals surface area contributed by atoms with Gasteiger partial charge in [0.15, 0.2) is 0 Å². The second-order valence-corrected chi connectivity index (χ2v) is 4.82. The molecular formula is C8H10N2O2S. The molecule has 0 aromatic carbocycles. The van der Waals surface area contributed by atoms with Crippen molar-refractivity contribution in [3.63, 3.8) is 0 Å². The summed E-state index contributed by atoms with van der Waals surface area (Å²) in [6, 6.07) is 1.75. The molecule has 1 aromatic heterocycles. The van der Waals surface area contributed by atoms with Crippen LogP contribution < -0.4 is 0 Å². The minimum atomic E-state index is -3.23. The predicted octanol–water partition coefficient (Wildman–Crippen LogP) is 0.606. The second kappa shape index (κ2) is 2.78. The van der Waals surface area contributed by atoms with Gasteiger partial charge in [0, 0.05) is 25.5 Å². The van der Waals surface area contributed by atoms with Gasteiger partial charge in [-0.05, 0) is 11.6 Å². The Kier molecular flexibility index (Phi) is 1.85. The number of hydrogen-bond acceptors (Lipinski definition) is 3. The quantitative estimate of drug-likeness (QED) is 0.664. The Morgan fingerprint density at radius 1 is 1.62 bits per heavy atom. The van der Waals surface area contributed by atoms with Gasteiger partial charge in [0.1, 0.15) is 4.90 Å². The van der Waals surface area contributed by atoms with Gasteiger partial charge in [-0.3, -0.25) is 4.98 Å². The maximum Gasteiger partial charge on any atom is 0.245 e. The summed E-state index contributed by atoms with van der Waals surface area (Å²) in [7, 11) is -3.23. The molecule has 1 aromatic rings. The summed E-state index contributed by atoms with van der Waals surface area (Å²) in [6.07, 6.45) is 3.04. The zero-order valence-electron chi connectivity index (χ0n) is 7.27. The van der Waals surface area contributed by atoms with E-state index in [-0.39, 0.29) is 0 Å². The van der Waals surface area contributed by atoms with Crippen LogP contribution in [0, 0.1) is 0 Å². The van der Waals surface area contributed by atoms with Gasteiger partial charge in [0.05, 0.1) is 0 Å². The molecule has 0 aliphatic carbocycles. The van der Waals surface area contributed by atoms with Crippen LogP contribution in [0.5, 0.6) is 0 Å². The summed E-state index contributed by atoms with van der Waals surface area (Å²) in [5.74, 6) is 0. The Balaban J connectivity index is 2.60. The third-order valence-corrected chi connectivity index (χ3v) is 4.18. The zero-order chi connectivity index (χ0) is 9.47. The van der Waals surface area contributed by atoms with Crippen LogP contribution in [0.2, 0.25) is 0 Å². The summed E-state index contributed by atoms with van der Waals surface area (Å²) in [5.41, 5.74) is 0.844. The molecule has 0 amide bonds. The van der Waals surface area contributed by atoms with Crippen LogP contribution in [0.15, 0.2) is 23.4 Å². The average molecular weight is 198 g/mol. The van der Waals surface area contributed by atoms with Gasteiger partial charge >= 0.3 is 0 Å². The van der Waals surface area contributed by atoms with Crippen molar-refractivity contribution in [2.24, 2.45) is 0 Å². The summed E-state index contributed by atoms with van der Waals surface area (Å²) in [4.78, 5) is 4.17. The van der Waals surface area contributed by atoms with Crippen molar-refractivity contribution in [1.82, 2.24) is 9.29 Å². The molecule has 13 heavy (non-hydrogen) atoms. The van der Waals surface area contributed by atoms with E-state index >= 15 is 0 Å². The van der Waals surface area contributed by atoms with Gasteiger partial charge in [-0.1, -0.05) is 6.92 Å². The van der Waals surface area contributed by atoms with Gasteiger partial charge in [-0.15, -0.1) is 0 Å². The highest BCUT2D eigenvalue weighted by atomic mass is 32.2. The lowest BCUT2D eigenvalue weighted by Gasteiger charge is -2.09. The SMILES string of the molecule is CCN1Cc2ccncc2S1(=O)=O. The molecule has 1 aliphatic heterocycles. The highest BCUT2D eigenvalue weighted by Gasteiger charge is 2.33. The van der Waals surface area contributed by atoms with Crippen LogP contribution in [-0.2, 0) is 16.6 Å². The lowest BCUT2D eigenvalue weighted by Crippen LogP contribution is -2.23. The van der Waals surface area contributed by atoms with E-state index in [2.05, 4.69) is 4.98 Å². The van der Waals surface area contributed by atoms with Crippen LogP contribution in [0.1, 0.15) is 12.5 Å². The first-order valence-corrected chi connectivity index (χ1v) is 5.53. The van der Waals surface area contributed by atoms with Crippen molar-refractivity contribution in [3.8, 4) is 0 Å². The molecule has 0 atom stereocenters. The zero-order valence-corrected chi connectivity index (χ0v) is 8.08. The Bertz CT molecular complexity index is 428. The van der Waals surface area contributed by atoms with Crippen molar-refractivity contribution in [1.29, 1.82) is 0 Å². The van der Waals surface area contributed by atoms with E-state index in [1.807, 2.05) is 6.92 Å². The van der Waals surface area contributed by atoms with Gasteiger partial charge in [-0.25, -0.2) is 8.42 Å². The van der Waals surface area contributed by atoms with E-state index < -0.39 is 10.0 Å². The standard InChI is InChI=1S/C8H10N2O2S/c1-2-10-6-7-3-4-9-5-8(7)13(10,11)12/h3-5H,2,6H2,1H3. The number of nitrogens with zero attached hydrogens (tertiary/aromatic N) is 2. The Morgan fingerprint density at radius 3 is 3.00 bits per heavy atom. The molecule has 0 N–H and O–H groups in total. The topological polar surface area (TPSA) is 50.3 Å². The highest BCUT2D eigenvalue weighted by molar-refractivity contribution is 7.89. The average Bonchev–Trinajstić information content (AvgIpc) is 2.39. The van der Waals surface area contributed by atoms with Gasteiger partial charge in [-0.2, -0.15) is 4.31 Å². The Labute approximate surface area is 77.3 Å². The van der Waals surface area contributed by atoms with Crippen LogP contribution in [0.4, 0.5) is 0 Å². The van der Waals surface area contributed by atoms with E-state index in [4.69, 9.17) is 0 Å². The molecule has 0 fully saturated rings. The first-order valence-electron chi connectivity index (χ1n) is 4.09. The normalized spacial score (nSPS) is 20.1. The molecule has 5 heteroatoms. The van der Waals surface area contributed by atoms with Crippen LogP contribution in [0.3, 0.4) is 0 Å². The van der Waals surface area contributed by atoms with Crippen molar-refractivity contribution in [2.45, 2.75) is 18.4 Å². The Morgan fingerprint density at radius 2 is 2.38 bits per heavy atom. The van der Waals surface area contributed by atoms with Crippen LogP contribution in [-0.4, -0.2) is 24.3 Å². The third kappa shape index (κ3) is 1.15. The molecule has 0 radical (unpaired) electrons. The van der Waals surface area contributed by atoms with E-state index in [1.54, 1.807) is 12.3 Å². The van der Waals surface area contributed by atoms with Crippen molar-refractivity contribution in [3.05, 3.63) is 24.0 Å². The van der Waals surface area contributed by atoms with E-state index in [9.17, 15) is 8.42 Å². The monoisotopic (exact) mass is 198 g/mol. The van der Waals surface area contributed by atoms with Crippen LogP contribution in [0.25, 0.3) is 0 Å². The lowest BCUT2D eigenvalue weighted by atomic mass is 10.3. The molecule has 0 saturated heterocycles. The second-order valence-electron chi connectivity index (χ2n) is 2.91. The van der Waals surface area contributed by atoms with Gasteiger partial charge in [0.25, 0.3) is 0 Å². The fourth-order valence-corrected chi connectivity index (χ4v) is 3.05. The third-order valence-electron chi connectivity index (χ3n) is 2.19. The Hall–Kier alpha value is -0.940. The van der Waals surface area contributed by atoms with Gasteiger partial charge in [0.2, 0.25) is 10.0 Å². The fourth-order valence-electron chi connectivity index (χ4n) is 1.47. The van der Waals surface area contributed by atoms with E-state index in [0.717, 1.165) is 5.56 Å². The number of rotatable bonds is 1. The first kappa shape index (κ1) is 8.65. The maximum absolute atomic E-state index is 11.7. The predicted molar refractivity (Wildman–Crippen MR) is 47.5 cm³/mol. The molecule has 2 rings (SSSR count). The number of sulfonamides is 1. The summed E-state index contributed by atoms with van der Waals surface area (Å²) >= 11 is 0. The first-order chi connectivity index (χ1) is 6.16. The molecule has 0 spiro atoms. The summed E-state index contributed by atoms with van der Waals surface area (Å²) in [5, 5.41) is 0. The number of fused-ring (bicyclic) bond motifs is 1. The molecule has 70 valence electrons. The maximum atomic E-state index is 11.7. The minimum Gasteiger partial charge on any atom is -0.263 e. The smallest absolute Gasteiger partial charge is 0.245 e. The van der Waals surface area contributed by atoms with E-state index in [1.165, 1.54) is 10.5 Å². The largest absolute Gasteiger partial charge is 0.263 e. The number of hydrogen-bond donors (Lipinski definition) is 0. The number of aromatic nitrogens is 1. The fraction of sp³-hybridized carbons (Fsp3) is 0.375. The van der Waals surface area contributed by atoms with Crippen molar-refractivity contribution < 1.29 is 8.42 Å². The van der Waals surface area contributed by atoms with Crippen molar-refractivity contribution in [2.75, 3.05) is 6.54 Å². The molecule has 4 nitrogen and oxygen atoms in total. The molecule has 2 heterocycles. The van der Waals surface area contributed by atoms with Crippen molar-refractivity contribution >= 4 is 10.0 Å². The summed E-state index contributed by atoms with van der Waals surface area (Å²) < 4.78 is 24.8. The molecule has 1 aliphatic rings. The van der Waals surface area contributed by atoms with Crippen LogP contribution >= 0.6 is 0 Å². The van der Waals surface area contributed by atoms with E-state index in [0.29, 0.717) is 18.0 Å². The molecule has 0 unspecified atom stereocenters. The summed E-state index contributed by atoms with van der Waals surface area (Å²) in [6.45, 7) is 2.82. The molecular weight excluding hydrogens is 188 g/mol. The lowest BCUT2D eigenvalue weighted by molar-refractivity contribution is 0.443. The minimum absolute atomic E-state index is 0.358.